The number of imidazole rings is 1. The molecule has 5 rings (SSSR count). The van der Waals surface area contributed by atoms with Gasteiger partial charge >= 0.3 is 18.3 Å². The van der Waals surface area contributed by atoms with Crippen molar-refractivity contribution < 1.29 is 60.0 Å². The van der Waals surface area contributed by atoms with Crippen LogP contribution in [0.15, 0.2) is 37.1 Å². The van der Waals surface area contributed by atoms with Gasteiger partial charge in [-0.1, -0.05) is 0 Å². The number of alkyl halides is 4. The van der Waals surface area contributed by atoms with E-state index in [1.807, 2.05) is 0 Å². The number of piperidine rings is 1. The average Bonchev–Trinajstić information content (AvgIpc) is 3.53. The molecule has 0 spiro atoms. The predicted octanol–water partition coefficient (Wildman–Crippen LogP) is 8.32. The fourth-order valence-corrected chi connectivity index (χ4v) is 6.66. The highest BCUT2D eigenvalue weighted by molar-refractivity contribution is 6.12. The Kier molecular flexibility index (Phi) is 13.2. The van der Waals surface area contributed by atoms with Crippen LogP contribution in [-0.4, -0.2) is 95.9 Å². The quantitative estimate of drug-likeness (QED) is 0.122. The van der Waals surface area contributed by atoms with Gasteiger partial charge < -0.3 is 34.1 Å². The van der Waals surface area contributed by atoms with Crippen molar-refractivity contribution in [3.8, 4) is 11.3 Å². The number of fused-ring (bicyclic) bond motifs is 1. The minimum Gasteiger partial charge on any atom is -0.444 e. The maximum Gasteiger partial charge on any atom is 0.425 e. The molecule has 1 saturated heterocycles. The van der Waals surface area contributed by atoms with Crippen LogP contribution in [0, 0.1) is 11.6 Å². The van der Waals surface area contributed by atoms with Crippen LogP contribution in [0.1, 0.15) is 92.7 Å². The number of anilines is 2. The third-order valence-corrected chi connectivity index (χ3v) is 9.08. The summed E-state index contributed by atoms with van der Waals surface area (Å²) < 4.78 is 104. The highest BCUT2D eigenvalue weighted by Crippen LogP contribution is 2.38. The number of hydrogen-bond acceptors (Lipinski definition) is 12. The number of imide groups is 1. The SMILES string of the molecule is CC(C)(C)OC(=O)NC1(C(O)C(F)F)CCCN(c2cnc(-c3cc(F)c(F)cc3C(F)F)cc2Cn2cnc3c(N(C(=O)OC(C)(C)C)C(=O)OC(C)(C)C)ncnc32)C1. The lowest BCUT2D eigenvalue weighted by atomic mass is 9.83. The molecule has 3 aromatic heterocycles. The Hall–Kier alpha value is -5.73. The summed E-state index contributed by atoms with van der Waals surface area (Å²) >= 11 is 0. The predicted molar refractivity (Wildman–Crippen MR) is 209 cm³/mol. The van der Waals surface area contributed by atoms with Gasteiger partial charge in [-0.25, -0.2) is 55.7 Å². The maximum absolute atomic E-state index is 14.6. The number of amides is 3. The molecule has 1 aliphatic rings. The third kappa shape index (κ3) is 11.0. The number of hydrogen-bond donors (Lipinski definition) is 2. The van der Waals surface area contributed by atoms with E-state index in [0.29, 0.717) is 17.0 Å². The Morgan fingerprint density at radius 3 is 2.05 bits per heavy atom. The Morgan fingerprint density at radius 1 is 0.869 bits per heavy atom. The van der Waals surface area contributed by atoms with Gasteiger partial charge in [-0.05, 0) is 98.9 Å². The monoisotopic (exact) mass is 866 g/mol. The highest BCUT2D eigenvalue weighted by Gasteiger charge is 2.48. The summed E-state index contributed by atoms with van der Waals surface area (Å²) in [5, 5.41) is 13.4. The van der Waals surface area contributed by atoms with E-state index in [1.54, 1.807) is 67.2 Å². The van der Waals surface area contributed by atoms with Crippen molar-refractivity contribution in [1.82, 2.24) is 29.8 Å². The molecule has 0 saturated carbocycles. The van der Waals surface area contributed by atoms with Crippen molar-refractivity contribution >= 4 is 40.9 Å². The summed E-state index contributed by atoms with van der Waals surface area (Å²) in [5.74, 6) is -3.25. The number of ether oxygens (including phenoxy) is 3. The number of alkyl carbamates (subject to hydrolysis) is 1. The number of pyridine rings is 1. The number of halogens is 6. The molecule has 0 bridgehead atoms. The molecular formula is C40H48F6N8O7. The van der Waals surface area contributed by atoms with Crippen molar-refractivity contribution in [2.24, 2.45) is 0 Å². The molecular weight excluding hydrogens is 818 g/mol. The molecule has 61 heavy (non-hydrogen) atoms. The van der Waals surface area contributed by atoms with E-state index < -0.39 is 88.9 Å². The first-order valence-electron chi connectivity index (χ1n) is 19.1. The fraction of sp³-hybridized carbons (Fsp3) is 0.525. The van der Waals surface area contributed by atoms with Gasteiger partial charge in [0.1, 0.15) is 29.2 Å². The van der Waals surface area contributed by atoms with Gasteiger partial charge in [0.2, 0.25) is 0 Å². The molecule has 0 radical (unpaired) electrons. The first-order valence-corrected chi connectivity index (χ1v) is 19.1. The lowest BCUT2D eigenvalue weighted by Crippen LogP contribution is -2.67. The number of aromatic nitrogens is 5. The van der Waals surface area contributed by atoms with E-state index in [9.17, 15) is 45.8 Å². The summed E-state index contributed by atoms with van der Waals surface area (Å²) in [6.07, 6.45) is -8.70. The summed E-state index contributed by atoms with van der Waals surface area (Å²) in [6.45, 7) is 13.7. The van der Waals surface area contributed by atoms with E-state index in [-0.39, 0.29) is 59.9 Å². The zero-order valence-corrected chi connectivity index (χ0v) is 35.0. The molecule has 1 aliphatic heterocycles. The van der Waals surface area contributed by atoms with Gasteiger partial charge in [0.05, 0.1) is 36.0 Å². The number of nitrogens with zero attached hydrogens (tertiary/aromatic N) is 7. The summed E-state index contributed by atoms with van der Waals surface area (Å²) in [4.78, 5) is 59.3. The van der Waals surface area contributed by atoms with E-state index in [4.69, 9.17) is 14.2 Å². The molecule has 15 nitrogen and oxygen atoms in total. The van der Waals surface area contributed by atoms with Crippen molar-refractivity contribution in [3.05, 3.63) is 59.8 Å². The van der Waals surface area contributed by atoms with Crippen LogP contribution in [0.3, 0.4) is 0 Å². The van der Waals surface area contributed by atoms with Crippen LogP contribution >= 0.6 is 0 Å². The van der Waals surface area contributed by atoms with Crippen molar-refractivity contribution in [3.63, 3.8) is 0 Å². The van der Waals surface area contributed by atoms with Gasteiger partial charge in [-0.2, -0.15) is 4.90 Å². The Labute approximate surface area is 347 Å². The molecule has 0 aliphatic carbocycles. The first kappa shape index (κ1) is 46.3. The number of aliphatic hydroxyl groups is 1. The van der Waals surface area contributed by atoms with Crippen LogP contribution in [0.25, 0.3) is 22.4 Å². The number of aliphatic hydroxyl groups excluding tert-OH is 1. The topological polar surface area (TPSA) is 174 Å². The first-order chi connectivity index (χ1) is 28.2. The van der Waals surface area contributed by atoms with Crippen LogP contribution in [0.4, 0.5) is 52.2 Å². The zero-order valence-electron chi connectivity index (χ0n) is 35.0. The average molecular weight is 867 g/mol. The van der Waals surface area contributed by atoms with Crippen molar-refractivity contribution in [2.75, 3.05) is 22.9 Å². The molecule has 21 heteroatoms. The Balaban J connectivity index is 1.67. The standard InChI is InChI=1S/C40H48F6N8O7/c1-37(2,3)59-34(56)51-40(29(55)31(45)46)11-10-12-52(18-40)27-16-47-26(22-14-24(41)25(42)15-23(22)30(43)44)13-21(27)17-53-20-50-28-32(53)48-19-49-33(28)54(35(57)60-38(4,5)6)36(58)61-39(7,8)9/h13-16,19-20,29-31,55H,10-12,17-18H2,1-9H3,(H,51,56). The van der Waals surface area contributed by atoms with Gasteiger partial charge in [0.25, 0.3) is 12.9 Å². The smallest absolute Gasteiger partial charge is 0.425 e. The molecule has 2 atom stereocenters. The number of benzene rings is 1. The second kappa shape index (κ2) is 17.3. The normalized spacial score (nSPS) is 16.8. The third-order valence-electron chi connectivity index (χ3n) is 9.08. The van der Waals surface area contributed by atoms with E-state index in [1.165, 1.54) is 23.2 Å². The zero-order chi connectivity index (χ0) is 45.4. The fourth-order valence-electron chi connectivity index (χ4n) is 6.66. The minimum absolute atomic E-state index is 0.0280. The van der Waals surface area contributed by atoms with Gasteiger partial charge in [0.15, 0.2) is 28.6 Å². The van der Waals surface area contributed by atoms with E-state index >= 15 is 0 Å². The molecule has 4 heterocycles. The second-order valence-corrected chi connectivity index (χ2v) is 17.5. The summed E-state index contributed by atoms with van der Waals surface area (Å²) in [5.41, 5.74) is -6.29. The maximum atomic E-state index is 14.6. The largest absolute Gasteiger partial charge is 0.444 e. The van der Waals surface area contributed by atoms with Gasteiger partial charge in [0, 0.05) is 24.2 Å². The molecule has 2 N–H and O–H groups in total. The highest BCUT2D eigenvalue weighted by atomic mass is 19.3. The number of rotatable bonds is 9. The Bertz CT molecular complexity index is 2250. The molecule has 1 fully saturated rings. The summed E-state index contributed by atoms with van der Waals surface area (Å²) in [7, 11) is 0. The minimum atomic E-state index is -3.30. The second-order valence-electron chi connectivity index (χ2n) is 17.5. The molecule has 2 unspecified atom stereocenters. The van der Waals surface area contributed by atoms with Gasteiger partial charge in [-0.3, -0.25) is 4.98 Å². The van der Waals surface area contributed by atoms with E-state index in [0.717, 1.165) is 6.33 Å². The lowest BCUT2D eigenvalue weighted by Gasteiger charge is -2.46. The molecule has 1 aromatic carbocycles. The van der Waals surface area contributed by atoms with Crippen molar-refractivity contribution in [1.29, 1.82) is 0 Å². The lowest BCUT2D eigenvalue weighted by molar-refractivity contribution is -0.0664. The number of nitrogens with one attached hydrogen (secondary N) is 1. The van der Waals surface area contributed by atoms with Crippen LogP contribution in [0.2, 0.25) is 0 Å². The Morgan fingerprint density at radius 2 is 1.48 bits per heavy atom. The van der Waals surface area contributed by atoms with Crippen LogP contribution in [-0.2, 0) is 20.8 Å². The molecule has 3 amide bonds. The number of carbonyl (C=O) groups excluding carboxylic acids is 3. The van der Waals surface area contributed by atoms with Crippen molar-refractivity contribution in [2.45, 2.75) is 123 Å². The van der Waals surface area contributed by atoms with Gasteiger partial charge in [-0.15, -0.1) is 0 Å². The van der Waals surface area contributed by atoms with Crippen LogP contribution in [0.5, 0.6) is 0 Å². The summed E-state index contributed by atoms with van der Waals surface area (Å²) in [6, 6.07) is 2.24. The van der Waals surface area contributed by atoms with Crippen LogP contribution < -0.4 is 15.1 Å². The molecule has 332 valence electrons. The number of carbonyl (C=O) groups is 3. The molecule has 4 aromatic rings. The van der Waals surface area contributed by atoms with E-state index in [2.05, 4.69) is 25.3 Å².